The van der Waals surface area contributed by atoms with Crippen LogP contribution in [0.3, 0.4) is 0 Å². The van der Waals surface area contributed by atoms with E-state index < -0.39 is 0 Å². The van der Waals surface area contributed by atoms with Gasteiger partial charge in [-0.05, 0) is 48.7 Å². The van der Waals surface area contributed by atoms with Gasteiger partial charge in [0.1, 0.15) is 11.5 Å². The highest BCUT2D eigenvalue weighted by Crippen LogP contribution is 2.44. The largest absolute Gasteiger partial charge is 0.508 e. The summed E-state index contributed by atoms with van der Waals surface area (Å²) in [5.41, 5.74) is 4.49. The van der Waals surface area contributed by atoms with Crippen molar-refractivity contribution in [2.24, 2.45) is 0 Å². The van der Waals surface area contributed by atoms with Crippen molar-refractivity contribution in [1.82, 2.24) is 4.57 Å². The zero-order chi connectivity index (χ0) is 16.8. The zero-order valence-electron chi connectivity index (χ0n) is 13.5. The van der Waals surface area contributed by atoms with E-state index in [1.165, 1.54) is 0 Å². The van der Waals surface area contributed by atoms with Gasteiger partial charge in [-0.1, -0.05) is 13.3 Å². The van der Waals surface area contributed by atoms with Crippen LogP contribution >= 0.6 is 0 Å². The molecule has 0 fully saturated rings. The molecule has 1 aliphatic rings. The number of aldehydes is 1. The Balaban J connectivity index is 2.12. The summed E-state index contributed by atoms with van der Waals surface area (Å²) in [7, 11) is 0. The highest BCUT2D eigenvalue weighted by molar-refractivity contribution is 6.06. The zero-order valence-corrected chi connectivity index (χ0v) is 13.5. The second-order valence-corrected chi connectivity index (χ2v) is 6.44. The number of benzene rings is 2. The van der Waals surface area contributed by atoms with E-state index in [0.29, 0.717) is 5.56 Å². The van der Waals surface area contributed by atoms with E-state index in [-0.39, 0.29) is 17.5 Å². The Morgan fingerprint density at radius 3 is 2.67 bits per heavy atom. The third kappa shape index (κ3) is 2.03. The second-order valence-electron chi connectivity index (χ2n) is 6.44. The van der Waals surface area contributed by atoms with E-state index in [1.807, 2.05) is 12.1 Å². The predicted octanol–water partition coefficient (Wildman–Crippen LogP) is 4.43. The summed E-state index contributed by atoms with van der Waals surface area (Å²) >= 11 is 0. The first kappa shape index (κ1) is 14.8. The van der Waals surface area contributed by atoms with Gasteiger partial charge in [-0.2, -0.15) is 0 Å². The molecular weight excluding hydrogens is 302 g/mol. The lowest BCUT2D eigenvalue weighted by molar-refractivity contribution is 0.112. The Bertz CT molecular complexity index is 955. The van der Waals surface area contributed by atoms with E-state index in [2.05, 4.69) is 11.5 Å². The topological polar surface area (TPSA) is 62.5 Å². The van der Waals surface area contributed by atoms with Crippen LogP contribution in [0.1, 0.15) is 41.7 Å². The molecule has 0 saturated carbocycles. The lowest BCUT2D eigenvalue weighted by Crippen LogP contribution is -2.18. The van der Waals surface area contributed by atoms with Gasteiger partial charge in [0, 0.05) is 28.6 Å². The lowest BCUT2D eigenvalue weighted by atomic mass is 9.90. The minimum absolute atomic E-state index is 0.201. The average molecular weight is 321 g/mol. The number of carbonyl (C=O) groups is 1. The summed E-state index contributed by atoms with van der Waals surface area (Å²) in [5, 5.41) is 20.6. The van der Waals surface area contributed by atoms with Crippen LogP contribution in [0.5, 0.6) is 11.5 Å². The third-order valence-electron chi connectivity index (χ3n) is 4.93. The molecule has 0 bridgehead atoms. The van der Waals surface area contributed by atoms with Crippen LogP contribution < -0.4 is 0 Å². The van der Waals surface area contributed by atoms with Crippen molar-refractivity contribution in [2.45, 2.75) is 32.2 Å². The molecular formula is C20H19NO3. The van der Waals surface area contributed by atoms with Crippen molar-refractivity contribution >= 4 is 17.2 Å². The lowest BCUT2D eigenvalue weighted by Gasteiger charge is -2.29. The van der Waals surface area contributed by atoms with Crippen molar-refractivity contribution in [1.29, 1.82) is 0 Å². The average Bonchev–Trinajstić information content (AvgIpc) is 2.88. The Morgan fingerprint density at radius 1 is 1.17 bits per heavy atom. The first-order chi connectivity index (χ1) is 11.6. The Hall–Kier alpha value is -2.75. The number of fused-ring (bicyclic) bond motifs is 5. The Morgan fingerprint density at radius 2 is 1.92 bits per heavy atom. The van der Waals surface area contributed by atoms with Gasteiger partial charge < -0.3 is 14.8 Å². The van der Waals surface area contributed by atoms with Crippen LogP contribution in [-0.2, 0) is 6.42 Å². The predicted molar refractivity (Wildman–Crippen MR) is 93.7 cm³/mol. The molecule has 3 aromatic rings. The summed E-state index contributed by atoms with van der Waals surface area (Å²) in [5.74, 6) is 0.450. The maximum atomic E-state index is 11.9. The minimum atomic E-state index is 0.201. The van der Waals surface area contributed by atoms with Gasteiger partial charge in [-0.3, -0.25) is 4.79 Å². The summed E-state index contributed by atoms with van der Waals surface area (Å²) in [6, 6.07) is 10.7. The molecule has 0 amide bonds. The van der Waals surface area contributed by atoms with Crippen LogP contribution in [0.15, 0.2) is 36.4 Å². The molecule has 4 heteroatoms. The number of nitrogens with zero attached hydrogens (tertiary/aromatic N) is 1. The fourth-order valence-corrected chi connectivity index (χ4v) is 3.99. The van der Waals surface area contributed by atoms with Crippen molar-refractivity contribution in [3.63, 3.8) is 0 Å². The number of hydrogen-bond donors (Lipinski definition) is 2. The maximum Gasteiger partial charge on any atom is 0.152 e. The number of carbonyl (C=O) groups excluding carboxylic acids is 1. The van der Waals surface area contributed by atoms with Crippen molar-refractivity contribution in [2.75, 3.05) is 0 Å². The normalized spacial score (nSPS) is 16.0. The molecule has 0 saturated heterocycles. The first-order valence-electron chi connectivity index (χ1n) is 8.28. The van der Waals surface area contributed by atoms with E-state index in [1.54, 1.807) is 24.3 Å². The molecule has 24 heavy (non-hydrogen) atoms. The molecule has 0 unspecified atom stereocenters. The van der Waals surface area contributed by atoms with E-state index in [9.17, 15) is 15.0 Å². The van der Waals surface area contributed by atoms with Gasteiger partial charge in [0.15, 0.2) is 6.29 Å². The number of hydrogen-bond acceptors (Lipinski definition) is 3. The first-order valence-corrected chi connectivity index (χ1v) is 8.28. The van der Waals surface area contributed by atoms with Crippen LogP contribution in [0.2, 0.25) is 0 Å². The smallest absolute Gasteiger partial charge is 0.152 e. The molecule has 2 aromatic carbocycles. The molecule has 122 valence electrons. The summed E-state index contributed by atoms with van der Waals surface area (Å²) in [6.45, 7) is 2.14. The standard InChI is InChI=1S/C20H19NO3/c1-2-3-13-8-12-9-14(23)4-6-16(12)20-18(11-22)17-7-5-15(24)10-19(17)21(13)20/h4-7,9-11,13,23-24H,2-3,8H2,1H3/t13-/m0/s1. The molecule has 4 nitrogen and oxygen atoms in total. The summed E-state index contributed by atoms with van der Waals surface area (Å²) in [6.07, 6.45) is 3.70. The summed E-state index contributed by atoms with van der Waals surface area (Å²) in [4.78, 5) is 11.9. The molecule has 1 aromatic heterocycles. The fourth-order valence-electron chi connectivity index (χ4n) is 3.99. The Labute approximate surface area is 140 Å². The monoisotopic (exact) mass is 321 g/mol. The van der Waals surface area contributed by atoms with Gasteiger partial charge in [0.05, 0.1) is 11.2 Å². The molecule has 0 radical (unpaired) electrons. The summed E-state index contributed by atoms with van der Waals surface area (Å²) < 4.78 is 2.20. The maximum absolute atomic E-state index is 11.9. The highest BCUT2D eigenvalue weighted by Gasteiger charge is 2.29. The van der Waals surface area contributed by atoms with Crippen LogP contribution in [0.4, 0.5) is 0 Å². The van der Waals surface area contributed by atoms with Crippen molar-refractivity contribution in [3.05, 3.63) is 47.5 Å². The molecule has 2 heterocycles. The molecule has 2 N–H and O–H groups in total. The van der Waals surface area contributed by atoms with Gasteiger partial charge in [0.25, 0.3) is 0 Å². The molecule has 1 atom stereocenters. The van der Waals surface area contributed by atoms with Crippen LogP contribution in [0.25, 0.3) is 22.2 Å². The second kappa shape index (κ2) is 5.41. The molecule has 1 aliphatic heterocycles. The van der Waals surface area contributed by atoms with Gasteiger partial charge >= 0.3 is 0 Å². The Kier molecular flexibility index (Phi) is 3.34. The molecule has 0 spiro atoms. The molecule has 4 rings (SSSR count). The quantitative estimate of drug-likeness (QED) is 0.702. The van der Waals surface area contributed by atoms with E-state index in [0.717, 1.165) is 53.3 Å². The highest BCUT2D eigenvalue weighted by atomic mass is 16.3. The number of aromatic nitrogens is 1. The third-order valence-corrected chi connectivity index (χ3v) is 4.93. The van der Waals surface area contributed by atoms with E-state index >= 15 is 0 Å². The number of phenols is 2. The van der Waals surface area contributed by atoms with Crippen LogP contribution in [0, 0.1) is 0 Å². The SMILES string of the molecule is CCC[C@H]1Cc2cc(O)ccc2-c2c(C=O)c3ccc(O)cc3n21. The van der Waals surface area contributed by atoms with Crippen LogP contribution in [-0.4, -0.2) is 21.1 Å². The van der Waals surface area contributed by atoms with Crippen molar-refractivity contribution in [3.8, 4) is 22.8 Å². The number of aromatic hydroxyl groups is 2. The number of phenolic OH excluding ortho intramolecular Hbond substituents is 2. The number of rotatable bonds is 3. The fraction of sp³-hybridized carbons (Fsp3) is 0.250. The van der Waals surface area contributed by atoms with Gasteiger partial charge in [0.2, 0.25) is 0 Å². The van der Waals surface area contributed by atoms with Gasteiger partial charge in [-0.15, -0.1) is 0 Å². The van der Waals surface area contributed by atoms with Gasteiger partial charge in [-0.25, -0.2) is 0 Å². The van der Waals surface area contributed by atoms with E-state index in [4.69, 9.17) is 0 Å². The molecule has 0 aliphatic carbocycles. The van der Waals surface area contributed by atoms with Crippen molar-refractivity contribution < 1.29 is 15.0 Å². The minimum Gasteiger partial charge on any atom is -0.508 e.